The van der Waals surface area contributed by atoms with E-state index in [1.54, 1.807) is 48.7 Å². The molecule has 4 rings (SSSR count). The molecule has 1 N–H and O–H groups in total. The summed E-state index contributed by atoms with van der Waals surface area (Å²) in [5, 5.41) is 12.7. The summed E-state index contributed by atoms with van der Waals surface area (Å²) < 4.78 is 5.61. The maximum atomic E-state index is 13.2. The number of aliphatic hydroxyl groups excluding tert-OH is 1. The number of hydrogen-bond donors (Lipinski definition) is 1. The Morgan fingerprint density at radius 2 is 1.94 bits per heavy atom. The molecule has 0 fully saturated rings. The molecule has 1 aromatic carbocycles. The lowest BCUT2D eigenvalue weighted by Crippen LogP contribution is -2.31. The molecule has 10 heteroatoms. The highest BCUT2D eigenvalue weighted by Gasteiger charge is 2.46. The summed E-state index contributed by atoms with van der Waals surface area (Å²) in [5.74, 6) is -2.38. The molecule has 2 aromatic heterocycles. The van der Waals surface area contributed by atoms with Crippen LogP contribution in [-0.2, 0) is 9.53 Å². The third-order valence-corrected chi connectivity index (χ3v) is 7.28. The topological polar surface area (TPSA) is 96.8 Å². The van der Waals surface area contributed by atoms with Gasteiger partial charge in [0.15, 0.2) is 10.9 Å². The number of halogens is 1. The van der Waals surface area contributed by atoms with Crippen LogP contribution in [-0.4, -0.2) is 34.9 Å². The highest BCUT2D eigenvalue weighted by Crippen LogP contribution is 2.44. The fourth-order valence-corrected chi connectivity index (χ4v) is 5.26. The number of ketones is 1. The van der Waals surface area contributed by atoms with Crippen molar-refractivity contribution >= 4 is 61.4 Å². The molecule has 31 heavy (non-hydrogen) atoms. The summed E-state index contributed by atoms with van der Waals surface area (Å²) in [5.41, 5.74) is 0.988. The van der Waals surface area contributed by atoms with E-state index >= 15 is 0 Å². The van der Waals surface area contributed by atoms with Crippen LogP contribution in [0, 0.1) is 6.92 Å². The number of carbonyl (C=O) groups is 3. The molecule has 3 heterocycles. The first kappa shape index (κ1) is 21.4. The number of amides is 1. The van der Waals surface area contributed by atoms with Gasteiger partial charge in [0.05, 0.1) is 29.3 Å². The monoisotopic (exact) mass is 518 g/mol. The summed E-state index contributed by atoms with van der Waals surface area (Å²) in [4.78, 5) is 44.7. The van der Waals surface area contributed by atoms with Crippen molar-refractivity contribution in [3.8, 4) is 0 Å². The van der Waals surface area contributed by atoms with E-state index in [4.69, 9.17) is 4.74 Å². The minimum atomic E-state index is -0.897. The number of aryl methyl sites for hydroxylation is 1. The van der Waals surface area contributed by atoms with Crippen molar-refractivity contribution in [2.24, 2.45) is 0 Å². The zero-order valence-electron chi connectivity index (χ0n) is 16.3. The van der Waals surface area contributed by atoms with Crippen LogP contribution in [0.4, 0.5) is 5.13 Å². The van der Waals surface area contributed by atoms with Crippen LogP contribution in [0.1, 0.15) is 36.6 Å². The number of benzene rings is 1. The van der Waals surface area contributed by atoms with Crippen LogP contribution >= 0.6 is 38.6 Å². The first-order valence-corrected chi connectivity index (χ1v) is 11.5. The SMILES string of the molecule is COC(=O)c1sc(N2C(=O)C(O)=C(C(=O)c3cccs3)C2c2ccc(Br)cc2)nc1C. The molecule has 1 amide bonds. The molecular weight excluding hydrogens is 504 g/mol. The van der Waals surface area contributed by atoms with E-state index in [9.17, 15) is 19.5 Å². The van der Waals surface area contributed by atoms with Gasteiger partial charge in [-0.25, -0.2) is 9.78 Å². The van der Waals surface area contributed by atoms with E-state index in [-0.39, 0.29) is 15.6 Å². The number of esters is 1. The number of thiophene rings is 1. The quantitative estimate of drug-likeness (QED) is 0.383. The van der Waals surface area contributed by atoms with Crippen LogP contribution < -0.4 is 4.90 Å². The van der Waals surface area contributed by atoms with Gasteiger partial charge in [-0.15, -0.1) is 11.3 Å². The average Bonchev–Trinajstić information content (AvgIpc) is 3.47. The molecule has 1 aliphatic heterocycles. The molecule has 1 unspecified atom stereocenters. The largest absolute Gasteiger partial charge is 0.503 e. The lowest BCUT2D eigenvalue weighted by atomic mass is 9.96. The number of methoxy groups -OCH3 is 1. The molecule has 7 nitrogen and oxygen atoms in total. The highest BCUT2D eigenvalue weighted by atomic mass is 79.9. The second-order valence-electron chi connectivity index (χ2n) is 6.60. The maximum absolute atomic E-state index is 13.2. The molecule has 3 aromatic rings. The van der Waals surface area contributed by atoms with E-state index in [0.717, 1.165) is 15.8 Å². The van der Waals surface area contributed by atoms with Gasteiger partial charge in [0.2, 0.25) is 5.78 Å². The number of rotatable bonds is 5. The van der Waals surface area contributed by atoms with Crippen molar-refractivity contribution in [2.75, 3.05) is 12.0 Å². The lowest BCUT2D eigenvalue weighted by Gasteiger charge is -2.24. The van der Waals surface area contributed by atoms with Gasteiger partial charge in [-0.05, 0) is 36.1 Å². The third kappa shape index (κ3) is 3.71. The van der Waals surface area contributed by atoms with E-state index in [1.807, 2.05) is 0 Å². The van der Waals surface area contributed by atoms with Crippen LogP contribution in [0.5, 0.6) is 0 Å². The number of anilines is 1. The van der Waals surface area contributed by atoms with Gasteiger partial charge in [0.1, 0.15) is 4.88 Å². The van der Waals surface area contributed by atoms with Gasteiger partial charge in [0, 0.05) is 4.47 Å². The summed E-state index contributed by atoms with van der Waals surface area (Å²) in [6.07, 6.45) is 0. The van der Waals surface area contributed by atoms with Gasteiger partial charge >= 0.3 is 5.97 Å². The smallest absolute Gasteiger partial charge is 0.350 e. The molecule has 1 atom stereocenters. The van der Waals surface area contributed by atoms with E-state index in [0.29, 0.717) is 16.1 Å². The van der Waals surface area contributed by atoms with Crippen LogP contribution in [0.2, 0.25) is 0 Å². The predicted octanol–water partition coefficient (Wildman–Crippen LogP) is 4.85. The Hall–Kier alpha value is -2.82. The fraction of sp³-hybridized carbons (Fsp3) is 0.143. The molecule has 0 spiro atoms. The Labute approximate surface area is 193 Å². The highest BCUT2D eigenvalue weighted by molar-refractivity contribution is 9.10. The van der Waals surface area contributed by atoms with E-state index < -0.39 is 29.5 Å². The van der Waals surface area contributed by atoms with Gasteiger partial charge in [-0.3, -0.25) is 14.5 Å². The number of nitrogens with zero attached hydrogens (tertiary/aromatic N) is 2. The Balaban J connectivity index is 1.87. The number of hydrogen-bond acceptors (Lipinski definition) is 8. The number of Topliss-reactive ketones (excluding diaryl/α,β-unsaturated/α-hetero) is 1. The minimum absolute atomic E-state index is 0.0257. The Bertz CT molecular complexity index is 1220. The molecule has 0 bridgehead atoms. The lowest BCUT2D eigenvalue weighted by molar-refractivity contribution is -0.117. The third-order valence-electron chi connectivity index (χ3n) is 4.75. The van der Waals surface area contributed by atoms with Gasteiger partial charge in [-0.2, -0.15) is 0 Å². The van der Waals surface area contributed by atoms with Crippen molar-refractivity contribution in [1.29, 1.82) is 0 Å². The molecular formula is C21H15BrN2O5S2. The number of aliphatic hydroxyl groups is 1. The molecule has 1 aliphatic rings. The zero-order chi connectivity index (χ0) is 22.3. The molecule has 0 saturated carbocycles. The molecule has 158 valence electrons. The van der Waals surface area contributed by atoms with Crippen LogP contribution in [0.3, 0.4) is 0 Å². The Morgan fingerprint density at radius 1 is 1.23 bits per heavy atom. The zero-order valence-corrected chi connectivity index (χ0v) is 19.5. The average molecular weight is 519 g/mol. The normalized spacial score (nSPS) is 16.2. The molecule has 0 saturated heterocycles. The number of carbonyl (C=O) groups excluding carboxylic acids is 3. The second-order valence-corrected chi connectivity index (χ2v) is 9.44. The first-order chi connectivity index (χ1) is 14.8. The number of ether oxygens (including phenoxy) is 1. The minimum Gasteiger partial charge on any atom is -0.503 e. The summed E-state index contributed by atoms with van der Waals surface area (Å²) in [6.45, 7) is 1.63. The number of thiazole rings is 1. The van der Waals surface area contributed by atoms with Crippen molar-refractivity contribution in [2.45, 2.75) is 13.0 Å². The van der Waals surface area contributed by atoms with Gasteiger partial charge in [-0.1, -0.05) is 45.5 Å². The first-order valence-electron chi connectivity index (χ1n) is 8.99. The number of aromatic nitrogens is 1. The second kappa shape index (κ2) is 8.37. The van der Waals surface area contributed by atoms with Crippen molar-refractivity contribution in [3.63, 3.8) is 0 Å². The van der Waals surface area contributed by atoms with Crippen molar-refractivity contribution in [1.82, 2.24) is 4.98 Å². The van der Waals surface area contributed by atoms with Crippen LogP contribution in [0.25, 0.3) is 0 Å². The predicted molar refractivity (Wildman–Crippen MR) is 121 cm³/mol. The van der Waals surface area contributed by atoms with Crippen molar-refractivity contribution in [3.05, 3.63) is 78.6 Å². The van der Waals surface area contributed by atoms with Gasteiger partial charge < -0.3 is 9.84 Å². The Kier molecular flexibility index (Phi) is 5.78. The fourth-order valence-electron chi connectivity index (χ4n) is 3.30. The summed E-state index contributed by atoms with van der Waals surface area (Å²) >= 11 is 5.58. The summed E-state index contributed by atoms with van der Waals surface area (Å²) in [6, 6.07) is 9.56. The Morgan fingerprint density at radius 3 is 2.55 bits per heavy atom. The van der Waals surface area contributed by atoms with Gasteiger partial charge in [0.25, 0.3) is 5.91 Å². The standard InChI is InChI=1S/C21H15BrN2O5S2/c1-10-18(20(28)29-2)31-21(23-10)24-15(11-5-7-12(22)8-6-11)14(17(26)19(24)27)16(25)13-4-3-9-30-13/h3-9,15,26H,1-2H3. The molecule has 0 radical (unpaired) electrons. The molecule has 0 aliphatic carbocycles. The van der Waals surface area contributed by atoms with Crippen molar-refractivity contribution < 1.29 is 24.2 Å². The van der Waals surface area contributed by atoms with E-state index in [2.05, 4.69) is 20.9 Å². The summed E-state index contributed by atoms with van der Waals surface area (Å²) in [7, 11) is 1.26. The van der Waals surface area contributed by atoms with E-state index in [1.165, 1.54) is 23.3 Å². The van der Waals surface area contributed by atoms with Crippen LogP contribution in [0.15, 0.2) is 57.6 Å². The maximum Gasteiger partial charge on any atom is 0.350 e.